The van der Waals surface area contributed by atoms with Gasteiger partial charge in [-0.1, -0.05) is 30.3 Å². The lowest BCUT2D eigenvalue weighted by Gasteiger charge is -2.24. The van der Waals surface area contributed by atoms with E-state index in [0.717, 1.165) is 0 Å². The SMILES string of the molecule is CC(O)(CNC(=O)CCOc1ccccc1)c1ccc(F)cc1. The predicted molar refractivity (Wildman–Crippen MR) is 85.5 cm³/mol. The molecule has 2 N–H and O–H groups in total. The van der Waals surface area contributed by atoms with E-state index in [9.17, 15) is 14.3 Å². The lowest BCUT2D eigenvalue weighted by molar-refractivity contribution is -0.122. The summed E-state index contributed by atoms with van der Waals surface area (Å²) < 4.78 is 18.3. The van der Waals surface area contributed by atoms with Crippen LogP contribution in [-0.2, 0) is 10.4 Å². The summed E-state index contributed by atoms with van der Waals surface area (Å²) in [6.45, 7) is 1.87. The molecule has 0 spiro atoms. The quantitative estimate of drug-likeness (QED) is 0.825. The lowest BCUT2D eigenvalue weighted by atomic mass is 9.96. The van der Waals surface area contributed by atoms with Gasteiger partial charge >= 0.3 is 0 Å². The van der Waals surface area contributed by atoms with Gasteiger partial charge in [0.05, 0.1) is 19.6 Å². The van der Waals surface area contributed by atoms with Gasteiger partial charge in [0.25, 0.3) is 0 Å². The van der Waals surface area contributed by atoms with Crippen LogP contribution in [0.1, 0.15) is 18.9 Å². The first-order chi connectivity index (χ1) is 11.0. The number of halogens is 1. The van der Waals surface area contributed by atoms with E-state index < -0.39 is 5.60 Å². The van der Waals surface area contributed by atoms with Crippen molar-refractivity contribution >= 4 is 5.91 Å². The number of hydrogen-bond acceptors (Lipinski definition) is 3. The van der Waals surface area contributed by atoms with Gasteiger partial charge in [0.1, 0.15) is 17.2 Å². The Kier molecular flexibility index (Phi) is 5.71. The maximum Gasteiger partial charge on any atom is 0.223 e. The summed E-state index contributed by atoms with van der Waals surface area (Å²) in [5.74, 6) is 0.119. The predicted octanol–water partition coefficient (Wildman–Crippen LogP) is 2.62. The molecule has 0 aromatic heterocycles. The second-order valence-corrected chi connectivity index (χ2v) is 5.47. The van der Waals surface area contributed by atoms with Crippen LogP contribution in [0.2, 0.25) is 0 Å². The molecule has 0 heterocycles. The average molecular weight is 317 g/mol. The fourth-order valence-corrected chi connectivity index (χ4v) is 2.05. The molecule has 0 bridgehead atoms. The minimum atomic E-state index is -1.26. The molecule has 1 unspecified atom stereocenters. The number of rotatable bonds is 7. The number of nitrogens with one attached hydrogen (secondary N) is 1. The summed E-state index contributed by atoms with van der Waals surface area (Å²) in [5.41, 5.74) is -0.719. The molecule has 2 aromatic carbocycles. The van der Waals surface area contributed by atoms with Crippen molar-refractivity contribution in [3.05, 3.63) is 66.0 Å². The van der Waals surface area contributed by atoms with Crippen LogP contribution in [0.5, 0.6) is 5.75 Å². The van der Waals surface area contributed by atoms with Gasteiger partial charge in [0.2, 0.25) is 5.91 Å². The van der Waals surface area contributed by atoms with Gasteiger partial charge in [-0.15, -0.1) is 0 Å². The number of carbonyl (C=O) groups is 1. The fraction of sp³-hybridized carbons (Fsp3) is 0.278. The number of ether oxygens (including phenoxy) is 1. The van der Waals surface area contributed by atoms with E-state index in [4.69, 9.17) is 4.74 Å². The van der Waals surface area contributed by atoms with Crippen LogP contribution >= 0.6 is 0 Å². The summed E-state index contributed by atoms with van der Waals surface area (Å²) in [4.78, 5) is 11.8. The van der Waals surface area contributed by atoms with Gasteiger partial charge in [-0.25, -0.2) is 4.39 Å². The second kappa shape index (κ2) is 7.74. The zero-order valence-corrected chi connectivity index (χ0v) is 13.0. The first kappa shape index (κ1) is 17.0. The van der Waals surface area contributed by atoms with E-state index in [1.807, 2.05) is 30.3 Å². The molecule has 0 aliphatic rings. The molecule has 0 radical (unpaired) electrons. The zero-order valence-electron chi connectivity index (χ0n) is 13.0. The van der Waals surface area contributed by atoms with Crippen molar-refractivity contribution in [3.8, 4) is 5.75 Å². The van der Waals surface area contributed by atoms with E-state index in [1.165, 1.54) is 24.3 Å². The van der Waals surface area contributed by atoms with E-state index in [0.29, 0.717) is 11.3 Å². The Balaban J connectivity index is 1.76. The molecule has 0 saturated carbocycles. The molecule has 2 rings (SSSR count). The van der Waals surface area contributed by atoms with Gasteiger partial charge in [-0.2, -0.15) is 0 Å². The van der Waals surface area contributed by atoms with Crippen LogP contribution in [0.15, 0.2) is 54.6 Å². The number of carbonyl (C=O) groups excluding carboxylic acids is 1. The van der Waals surface area contributed by atoms with E-state index in [1.54, 1.807) is 6.92 Å². The molecule has 0 aliphatic heterocycles. The van der Waals surface area contributed by atoms with Crippen molar-refractivity contribution in [3.63, 3.8) is 0 Å². The van der Waals surface area contributed by atoms with Crippen LogP contribution in [0.25, 0.3) is 0 Å². The highest BCUT2D eigenvalue weighted by Crippen LogP contribution is 2.19. The Labute approximate surface area is 134 Å². The van der Waals surface area contributed by atoms with Crippen LogP contribution < -0.4 is 10.1 Å². The standard InChI is InChI=1S/C18H20FNO3/c1-18(22,14-7-9-15(19)10-8-14)13-20-17(21)11-12-23-16-5-3-2-4-6-16/h2-10,22H,11-13H2,1H3,(H,20,21). The molecule has 0 saturated heterocycles. The molecule has 0 aliphatic carbocycles. The van der Waals surface area contributed by atoms with Crippen molar-refractivity contribution in [2.75, 3.05) is 13.2 Å². The number of benzene rings is 2. The topological polar surface area (TPSA) is 58.6 Å². The summed E-state index contributed by atoms with van der Waals surface area (Å²) in [6, 6.07) is 14.8. The smallest absolute Gasteiger partial charge is 0.223 e. The van der Waals surface area contributed by atoms with Crippen LogP contribution in [0.4, 0.5) is 4.39 Å². The van der Waals surface area contributed by atoms with E-state index in [-0.39, 0.29) is 31.3 Å². The van der Waals surface area contributed by atoms with Crippen molar-refractivity contribution < 1.29 is 19.0 Å². The fourth-order valence-electron chi connectivity index (χ4n) is 2.05. The molecule has 5 heteroatoms. The van der Waals surface area contributed by atoms with Gasteiger partial charge < -0.3 is 15.2 Å². The van der Waals surface area contributed by atoms with Crippen molar-refractivity contribution in [1.29, 1.82) is 0 Å². The molecular formula is C18H20FNO3. The zero-order chi connectivity index (χ0) is 16.7. The molecule has 122 valence electrons. The van der Waals surface area contributed by atoms with Crippen molar-refractivity contribution in [1.82, 2.24) is 5.32 Å². The Morgan fingerprint density at radius 1 is 1.17 bits per heavy atom. The molecule has 23 heavy (non-hydrogen) atoms. The maximum atomic E-state index is 12.9. The third-order valence-corrected chi connectivity index (χ3v) is 3.44. The van der Waals surface area contributed by atoms with Gasteiger partial charge in [0.15, 0.2) is 0 Å². The molecule has 0 fully saturated rings. The van der Waals surface area contributed by atoms with Crippen molar-refractivity contribution in [2.45, 2.75) is 18.9 Å². The number of amides is 1. The van der Waals surface area contributed by atoms with Crippen LogP contribution in [0, 0.1) is 5.82 Å². The van der Waals surface area contributed by atoms with Crippen LogP contribution in [0.3, 0.4) is 0 Å². The Morgan fingerprint density at radius 3 is 2.48 bits per heavy atom. The molecular weight excluding hydrogens is 297 g/mol. The first-order valence-corrected chi connectivity index (χ1v) is 7.40. The Morgan fingerprint density at radius 2 is 1.83 bits per heavy atom. The molecule has 1 amide bonds. The normalized spacial score (nSPS) is 13.2. The van der Waals surface area contributed by atoms with Gasteiger partial charge in [-0.3, -0.25) is 4.79 Å². The largest absolute Gasteiger partial charge is 0.493 e. The van der Waals surface area contributed by atoms with Gasteiger partial charge in [-0.05, 0) is 36.8 Å². The van der Waals surface area contributed by atoms with Crippen molar-refractivity contribution in [2.24, 2.45) is 0 Å². The minimum absolute atomic E-state index is 0.0444. The monoisotopic (exact) mass is 317 g/mol. The summed E-state index contributed by atoms with van der Waals surface area (Å²) in [6.07, 6.45) is 0.189. The van der Waals surface area contributed by atoms with Crippen LogP contribution in [-0.4, -0.2) is 24.2 Å². The second-order valence-electron chi connectivity index (χ2n) is 5.47. The average Bonchev–Trinajstić information content (AvgIpc) is 2.54. The molecule has 1 atom stereocenters. The third-order valence-electron chi connectivity index (χ3n) is 3.44. The summed E-state index contributed by atoms with van der Waals surface area (Å²) in [5, 5.41) is 13.0. The highest BCUT2D eigenvalue weighted by atomic mass is 19.1. The highest BCUT2D eigenvalue weighted by molar-refractivity contribution is 5.76. The summed E-state index contributed by atoms with van der Waals surface area (Å²) >= 11 is 0. The Hall–Kier alpha value is -2.40. The highest BCUT2D eigenvalue weighted by Gasteiger charge is 2.23. The first-order valence-electron chi connectivity index (χ1n) is 7.40. The van der Waals surface area contributed by atoms with E-state index >= 15 is 0 Å². The van der Waals surface area contributed by atoms with E-state index in [2.05, 4.69) is 5.32 Å². The number of hydrogen-bond donors (Lipinski definition) is 2. The Bertz CT molecular complexity index is 626. The number of aliphatic hydroxyl groups is 1. The maximum absolute atomic E-state index is 12.9. The minimum Gasteiger partial charge on any atom is -0.493 e. The lowest BCUT2D eigenvalue weighted by Crippen LogP contribution is -2.39. The van der Waals surface area contributed by atoms with Gasteiger partial charge in [0, 0.05) is 0 Å². The number of para-hydroxylation sites is 1. The summed E-state index contributed by atoms with van der Waals surface area (Å²) in [7, 11) is 0. The molecule has 2 aromatic rings. The third kappa shape index (κ3) is 5.38. The molecule has 4 nitrogen and oxygen atoms in total.